The van der Waals surface area contributed by atoms with Gasteiger partial charge in [0.1, 0.15) is 29.8 Å². The standard InChI is InChI=1S/C20H23N3O2/c1-19(2,3)20(24,13-23-15-21-14-22-23)16-8-7-11-18(12-16)25-17-9-5-4-6-10-17/h4-12,14-15,24H,13H2,1-3H3. The number of hydrogen-bond acceptors (Lipinski definition) is 4. The van der Waals surface area contributed by atoms with Crippen LogP contribution in [-0.4, -0.2) is 19.9 Å². The van der Waals surface area contributed by atoms with Gasteiger partial charge in [-0.15, -0.1) is 0 Å². The molecule has 0 spiro atoms. The number of hydrogen-bond donors (Lipinski definition) is 1. The monoisotopic (exact) mass is 337 g/mol. The van der Waals surface area contributed by atoms with E-state index in [4.69, 9.17) is 4.74 Å². The molecular weight excluding hydrogens is 314 g/mol. The number of ether oxygens (including phenoxy) is 1. The number of para-hydroxylation sites is 1. The van der Waals surface area contributed by atoms with Crippen molar-refractivity contribution >= 4 is 0 Å². The minimum atomic E-state index is -1.13. The Bertz CT molecular complexity index is 810. The predicted molar refractivity (Wildman–Crippen MR) is 96.3 cm³/mol. The first kappa shape index (κ1) is 17.2. The van der Waals surface area contributed by atoms with Crippen molar-refractivity contribution < 1.29 is 9.84 Å². The largest absolute Gasteiger partial charge is 0.457 e. The molecule has 1 unspecified atom stereocenters. The van der Waals surface area contributed by atoms with E-state index in [0.29, 0.717) is 12.3 Å². The lowest BCUT2D eigenvalue weighted by Crippen LogP contribution is -2.44. The Hall–Kier alpha value is -2.66. The second-order valence-corrected chi connectivity index (χ2v) is 7.15. The summed E-state index contributed by atoms with van der Waals surface area (Å²) < 4.78 is 7.56. The van der Waals surface area contributed by atoms with Crippen LogP contribution in [0.2, 0.25) is 0 Å². The topological polar surface area (TPSA) is 60.2 Å². The quantitative estimate of drug-likeness (QED) is 0.764. The normalized spacial score (nSPS) is 14.1. The van der Waals surface area contributed by atoms with Gasteiger partial charge in [-0.1, -0.05) is 51.1 Å². The van der Waals surface area contributed by atoms with Gasteiger partial charge < -0.3 is 9.84 Å². The average Bonchev–Trinajstić information content (AvgIpc) is 3.08. The van der Waals surface area contributed by atoms with Gasteiger partial charge in [0, 0.05) is 0 Å². The molecule has 0 aliphatic rings. The third-order valence-electron chi connectivity index (χ3n) is 4.39. The molecule has 0 bridgehead atoms. The van der Waals surface area contributed by atoms with Crippen LogP contribution in [0, 0.1) is 5.41 Å². The van der Waals surface area contributed by atoms with Gasteiger partial charge in [-0.2, -0.15) is 5.10 Å². The Morgan fingerprint density at radius 2 is 1.72 bits per heavy atom. The summed E-state index contributed by atoms with van der Waals surface area (Å²) >= 11 is 0. The third-order valence-corrected chi connectivity index (χ3v) is 4.39. The lowest BCUT2D eigenvalue weighted by molar-refractivity contribution is -0.0805. The van der Waals surface area contributed by atoms with Crippen molar-refractivity contribution in [3.63, 3.8) is 0 Å². The molecule has 5 nitrogen and oxygen atoms in total. The zero-order valence-electron chi connectivity index (χ0n) is 14.8. The van der Waals surface area contributed by atoms with E-state index in [-0.39, 0.29) is 0 Å². The van der Waals surface area contributed by atoms with Crippen LogP contribution in [0.1, 0.15) is 26.3 Å². The Morgan fingerprint density at radius 3 is 2.36 bits per heavy atom. The minimum Gasteiger partial charge on any atom is -0.457 e. The second-order valence-electron chi connectivity index (χ2n) is 7.15. The molecule has 5 heteroatoms. The summed E-state index contributed by atoms with van der Waals surface area (Å²) in [5.74, 6) is 1.44. The van der Waals surface area contributed by atoms with Crippen LogP contribution in [-0.2, 0) is 12.1 Å². The molecule has 0 radical (unpaired) electrons. The van der Waals surface area contributed by atoms with Gasteiger partial charge in [-0.05, 0) is 35.2 Å². The molecule has 25 heavy (non-hydrogen) atoms. The van der Waals surface area contributed by atoms with Crippen LogP contribution in [0.25, 0.3) is 0 Å². The van der Waals surface area contributed by atoms with Crippen LogP contribution in [0.4, 0.5) is 0 Å². The molecule has 0 aliphatic heterocycles. The van der Waals surface area contributed by atoms with E-state index in [2.05, 4.69) is 10.1 Å². The molecule has 0 aliphatic carbocycles. The lowest BCUT2D eigenvalue weighted by atomic mass is 9.72. The summed E-state index contributed by atoms with van der Waals surface area (Å²) in [7, 11) is 0. The molecule has 1 atom stereocenters. The van der Waals surface area contributed by atoms with E-state index in [9.17, 15) is 5.11 Å². The van der Waals surface area contributed by atoms with Crippen LogP contribution >= 0.6 is 0 Å². The highest BCUT2D eigenvalue weighted by Crippen LogP contribution is 2.41. The summed E-state index contributed by atoms with van der Waals surface area (Å²) in [6, 6.07) is 17.2. The fourth-order valence-corrected chi connectivity index (χ4v) is 2.75. The van der Waals surface area contributed by atoms with E-state index >= 15 is 0 Å². The van der Waals surface area contributed by atoms with E-state index in [0.717, 1.165) is 11.3 Å². The zero-order chi connectivity index (χ0) is 17.9. The molecule has 130 valence electrons. The molecule has 1 heterocycles. The van der Waals surface area contributed by atoms with Crippen LogP contribution in [0.3, 0.4) is 0 Å². The molecular formula is C20H23N3O2. The van der Waals surface area contributed by atoms with E-state index < -0.39 is 11.0 Å². The van der Waals surface area contributed by atoms with Crippen LogP contribution in [0.15, 0.2) is 67.3 Å². The fourth-order valence-electron chi connectivity index (χ4n) is 2.75. The predicted octanol–water partition coefficient (Wildman–Crippen LogP) is 4.00. The maximum Gasteiger partial charge on any atom is 0.137 e. The van der Waals surface area contributed by atoms with Crippen molar-refractivity contribution in [1.29, 1.82) is 0 Å². The van der Waals surface area contributed by atoms with Crippen molar-refractivity contribution in [1.82, 2.24) is 14.8 Å². The highest BCUT2D eigenvalue weighted by molar-refractivity contribution is 5.37. The Morgan fingerprint density at radius 1 is 1.00 bits per heavy atom. The van der Waals surface area contributed by atoms with Crippen molar-refractivity contribution in [2.75, 3.05) is 0 Å². The van der Waals surface area contributed by atoms with Gasteiger partial charge in [0.2, 0.25) is 0 Å². The van der Waals surface area contributed by atoms with Crippen LogP contribution in [0.5, 0.6) is 11.5 Å². The Labute approximate surface area is 147 Å². The smallest absolute Gasteiger partial charge is 0.137 e. The Balaban J connectivity index is 1.95. The van der Waals surface area contributed by atoms with Crippen LogP contribution < -0.4 is 4.74 Å². The first-order valence-electron chi connectivity index (χ1n) is 8.27. The first-order valence-corrected chi connectivity index (χ1v) is 8.27. The molecule has 1 aromatic heterocycles. The summed E-state index contributed by atoms with van der Waals surface area (Å²) in [5.41, 5.74) is -0.759. The third kappa shape index (κ3) is 3.72. The number of benzene rings is 2. The summed E-state index contributed by atoms with van der Waals surface area (Å²) in [6.45, 7) is 6.34. The SMILES string of the molecule is CC(C)(C)C(O)(Cn1cncn1)c1cccc(Oc2ccccc2)c1. The average molecular weight is 337 g/mol. The maximum absolute atomic E-state index is 11.5. The molecule has 3 rings (SSSR count). The van der Waals surface area contributed by atoms with E-state index in [1.165, 1.54) is 6.33 Å². The summed E-state index contributed by atoms with van der Waals surface area (Å²) in [5, 5.41) is 15.7. The molecule has 2 aromatic carbocycles. The lowest BCUT2D eigenvalue weighted by Gasteiger charge is -2.40. The summed E-state index contributed by atoms with van der Waals surface area (Å²) in [4.78, 5) is 3.97. The van der Waals surface area contributed by atoms with Gasteiger partial charge in [-0.3, -0.25) is 0 Å². The number of rotatable bonds is 5. The molecule has 0 saturated heterocycles. The molecule has 0 fully saturated rings. The van der Waals surface area contributed by atoms with Crippen molar-refractivity contribution in [3.8, 4) is 11.5 Å². The fraction of sp³-hybridized carbons (Fsp3) is 0.300. The van der Waals surface area contributed by atoms with Crippen molar-refractivity contribution in [2.24, 2.45) is 5.41 Å². The van der Waals surface area contributed by atoms with Crippen molar-refractivity contribution in [2.45, 2.75) is 32.9 Å². The minimum absolute atomic E-state index is 0.311. The number of nitrogens with zero attached hydrogens (tertiary/aromatic N) is 3. The molecule has 0 saturated carbocycles. The molecule has 1 N–H and O–H groups in total. The highest BCUT2D eigenvalue weighted by Gasteiger charge is 2.42. The molecule has 3 aromatic rings. The molecule has 0 amide bonds. The maximum atomic E-state index is 11.5. The van der Waals surface area contributed by atoms with Gasteiger partial charge in [0.05, 0.1) is 6.54 Å². The first-order chi connectivity index (χ1) is 11.9. The van der Waals surface area contributed by atoms with Gasteiger partial charge in [0.15, 0.2) is 0 Å². The van der Waals surface area contributed by atoms with Gasteiger partial charge in [0.25, 0.3) is 0 Å². The zero-order valence-corrected chi connectivity index (χ0v) is 14.8. The van der Waals surface area contributed by atoms with E-state index in [1.807, 2.05) is 75.4 Å². The van der Waals surface area contributed by atoms with Gasteiger partial charge >= 0.3 is 0 Å². The summed E-state index contributed by atoms with van der Waals surface area (Å²) in [6.07, 6.45) is 3.08. The van der Waals surface area contributed by atoms with Crippen molar-refractivity contribution in [3.05, 3.63) is 72.8 Å². The second kappa shape index (κ2) is 6.69. The van der Waals surface area contributed by atoms with Gasteiger partial charge in [-0.25, -0.2) is 9.67 Å². The number of aliphatic hydroxyl groups is 1. The number of aromatic nitrogens is 3. The highest BCUT2D eigenvalue weighted by atomic mass is 16.5. The Kier molecular flexibility index (Phi) is 4.59. The van der Waals surface area contributed by atoms with E-state index in [1.54, 1.807) is 11.0 Å².